The lowest BCUT2D eigenvalue weighted by Gasteiger charge is -2.22. The minimum absolute atomic E-state index is 0.379. The van der Waals surface area contributed by atoms with Crippen LogP contribution in [0.1, 0.15) is 39.4 Å². The molecule has 6 heteroatoms. The molecule has 18 heavy (non-hydrogen) atoms. The van der Waals surface area contributed by atoms with Gasteiger partial charge in [-0.15, -0.1) is 0 Å². The third-order valence-electron chi connectivity index (χ3n) is 2.10. The molecule has 0 aromatic heterocycles. The van der Waals surface area contributed by atoms with Crippen LogP contribution in [0.2, 0.25) is 0 Å². The molecule has 3 N–H and O–H groups in total. The predicted molar refractivity (Wildman–Crippen MR) is 72.5 cm³/mol. The zero-order valence-corrected chi connectivity index (χ0v) is 11.9. The summed E-state index contributed by atoms with van der Waals surface area (Å²) in [5, 5.41) is 9.58. The summed E-state index contributed by atoms with van der Waals surface area (Å²) in [6.45, 7) is 6.86. The van der Waals surface area contributed by atoms with Crippen molar-refractivity contribution in [1.29, 1.82) is 0 Å². The van der Waals surface area contributed by atoms with Crippen LogP contribution < -0.4 is 9.44 Å². The molecule has 0 saturated heterocycles. The minimum atomic E-state index is -3.66. The first-order valence-corrected chi connectivity index (χ1v) is 7.18. The summed E-state index contributed by atoms with van der Waals surface area (Å²) in [5.41, 5.74) is 0.354. The van der Waals surface area contributed by atoms with E-state index >= 15 is 0 Å². The Morgan fingerprint density at radius 1 is 1.22 bits per heavy atom. The third kappa shape index (κ3) is 4.64. The van der Waals surface area contributed by atoms with E-state index in [9.17, 15) is 13.5 Å². The van der Waals surface area contributed by atoms with Crippen molar-refractivity contribution >= 4 is 15.9 Å². The molecule has 0 amide bonds. The Bertz CT molecular complexity index is 504. The first-order chi connectivity index (χ1) is 8.11. The summed E-state index contributed by atoms with van der Waals surface area (Å²) >= 11 is 0. The minimum Gasteiger partial charge on any atom is -0.389 e. The summed E-state index contributed by atoms with van der Waals surface area (Å²) in [5.74, 6) is 0. The van der Waals surface area contributed by atoms with Gasteiger partial charge in [0.05, 0.1) is 11.8 Å². The molecule has 1 aromatic rings. The summed E-state index contributed by atoms with van der Waals surface area (Å²) in [4.78, 5) is 0. The van der Waals surface area contributed by atoms with Crippen molar-refractivity contribution in [2.45, 2.75) is 39.3 Å². The van der Waals surface area contributed by atoms with Crippen molar-refractivity contribution in [2.75, 3.05) is 4.72 Å². The van der Waals surface area contributed by atoms with Crippen molar-refractivity contribution in [1.82, 2.24) is 4.72 Å². The average Bonchev–Trinajstić information content (AvgIpc) is 2.13. The second-order valence-electron chi connectivity index (χ2n) is 5.22. The van der Waals surface area contributed by atoms with Crippen LogP contribution in [0.15, 0.2) is 24.3 Å². The monoisotopic (exact) mass is 272 g/mol. The highest BCUT2D eigenvalue weighted by Gasteiger charge is 2.21. The van der Waals surface area contributed by atoms with Crippen molar-refractivity contribution in [3.8, 4) is 0 Å². The normalized spacial score (nSPS) is 14.3. The molecule has 1 atom stereocenters. The van der Waals surface area contributed by atoms with Crippen molar-refractivity contribution < 1.29 is 13.5 Å². The van der Waals surface area contributed by atoms with Gasteiger partial charge in [0.1, 0.15) is 0 Å². The van der Waals surface area contributed by atoms with E-state index in [1.807, 2.05) is 0 Å². The van der Waals surface area contributed by atoms with Gasteiger partial charge in [0.25, 0.3) is 10.2 Å². The SMILES string of the molecule is CC(O)c1ccccc1NS(=O)(=O)NC(C)(C)C. The van der Waals surface area contributed by atoms with Crippen molar-refractivity contribution in [2.24, 2.45) is 0 Å². The zero-order valence-electron chi connectivity index (χ0n) is 11.1. The number of para-hydroxylation sites is 1. The highest BCUT2D eigenvalue weighted by molar-refractivity contribution is 7.90. The largest absolute Gasteiger partial charge is 0.389 e. The topological polar surface area (TPSA) is 78.4 Å². The van der Waals surface area contributed by atoms with Crippen LogP contribution in [0.25, 0.3) is 0 Å². The molecular formula is C12H20N2O3S. The maximum Gasteiger partial charge on any atom is 0.299 e. The van der Waals surface area contributed by atoms with Gasteiger partial charge in [-0.2, -0.15) is 13.1 Å². The van der Waals surface area contributed by atoms with Crippen LogP contribution in [0.5, 0.6) is 0 Å². The van der Waals surface area contributed by atoms with E-state index < -0.39 is 21.9 Å². The Balaban J connectivity index is 2.98. The summed E-state index contributed by atoms with van der Waals surface area (Å²) in [7, 11) is -3.66. The first-order valence-electron chi connectivity index (χ1n) is 5.69. The summed E-state index contributed by atoms with van der Waals surface area (Å²) in [6, 6.07) is 6.75. The lowest BCUT2D eigenvalue weighted by atomic mass is 10.1. The molecule has 0 radical (unpaired) electrons. The van der Waals surface area contributed by atoms with Crippen molar-refractivity contribution in [3.63, 3.8) is 0 Å². The van der Waals surface area contributed by atoms with Gasteiger partial charge in [-0.3, -0.25) is 4.72 Å². The fourth-order valence-electron chi connectivity index (χ4n) is 1.53. The molecule has 0 saturated carbocycles. The van der Waals surface area contributed by atoms with E-state index in [0.717, 1.165) is 0 Å². The Morgan fingerprint density at radius 3 is 2.28 bits per heavy atom. The molecule has 1 aromatic carbocycles. The fraction of sp³-hybridized carbons (Fsp3) is 0.500. The van der Waals surface area contributed by atoms with Gasteiger partial charge in [-0.1, -0.05) is 18.2 Å². The van der Waals surface area contributed by atoms with Gasteiger partial charge in [-0.05, 0) is 33.8 Å². The molecule has 0 spiro atoms. The number of rotatable bonds is 4. The highest BCUT2D eigenvalue weighted by Crippen LogP contribution is 2.23. The number of benzene rings is 1. The second-order valence-corrected chi connectivity index (χ2v) is 6.64. The van der Waals surface area contributed by atoms with E-state index in [0.29, 0.717) is 11.3 Å². The molecule has 0 heterocycles. The smallest absolute Gasteiger partial charge is 0.299 e. The number of aliphatic hydroxyl groups excluding tert-OH is 1. The molecule has 0 aliphatic heterocycles. The Kier molecular flexibility index (Phi) is 4.37. The van der Waals surface area contributed by atoms with Crippen LogP contribution in [0.3, 0.4) is 0 Å². The van der Waals surface area contributed by atoms with Gasteiger partial charge in [0, 0.05) is 11.1 Å². The molecule has 102 valence electrons. The third-order valence-corrected chi connectivity index (χ3v) is 3.47. The number of nitrogens with one attached hydrogen (secondary N) is 2. The number of aliphatic hydroxyl groups is 1. The van der Waals surface area contributed by atoms with Gasteiger partial charge in [0.15, 0.2) is 0 Å². The Labute approximate surface area is 108 Å². The van der Waals surface area contributed by atoms with Crippen LogP contribution in [-0.4, -0.2) is 19.1 Å². The second kappa shape index (κ2) is 5.26. The van der Waals surface area contributed by atoms with E-state index in [2.05, 4.69) is 9.44 Å². The molecule has 5 nitrogen and oxygen atoms in total. The molecule has 0 fully saturated rings. The van der Waals surface area contributed by atoms with Crippen LogP contribution in [-0.2, 0) is 10.2 Å². The van der Waals surface area contributed by atoms with E-state index in [-0.39, 0.29) is 0 Å². The van der Waals surface area contributed by atoms with Crippen LogP contribution >= 0.6 is 0 Å². The Hall–Kier alpha value is -1.11. The molecular weight excluding hydrogens is 252 g/mol. The standard InChI is InChI=1S/C12H20N2O3S/c1-9(15)10-7-5-6-8-11(10)13-18(16,17)14-12(2,3)4/h5-9,13-15H,1-4H3. The summed E-state index contributed by atoms with van der Waals surface area (Å²) < 4.78 is 28.7. The van der Waals surface area contributed by atoms with E-state index in [1.165, 1.54) is 0 Å². The van der Waals surface area contributed by atoms with Gasteiger partial charge in [0.2, 0.25) is 0 Å². The van der Waals surface area contributed by atoms with E-state index in [1.54, 1.807) is 52.0 Å². The molecule has 0 aliphatic rings. The summed E-state index contributed by atoms with van der Waals surface area (Å²) in [6.07, 6.45) is -0.737. The lowest BCUT2D eigenvalue weighted by molar-refractivity contribution is 0.200. The predicted octanol–water partition coefficient (Wildman–Crippen LogP) is 1.78. The zero-order chi connectivity index (χ0) is 14.0. The van der Waals surface area contributed by atoms with Crippen molar-refractivity contribution in [3.05, 3.63) is 29.8 Å². The Morgan fingerprint density at radius 2 is 1.78 bits per heavy atom. The highest BCUT2D eigenvalue weighted by atomic mass is 32.2. The number of hydrogen-bond acceptors (Lipinski definition) is 3. The van der Waals surface area contributed by atoms with Gasteiger partial charge < -0.3 is 5.11 Å². The number of hydrogen-bond donors (Lipinski definition) is 3. The van der Waals surface area contributed by atoms with Crippen LogP contribution in [0.4, 0.5) is 5.69 Å². The lowest BCUT2D eigenvalue weighted by Crippen LogP contribution is -2.43. The quantitative estimate of drug-likeness (QED) is 0.782. The molecule has 0 aliphatic carbocycles. The van der Waals surface area contributed by atoms with Gasteiger partial charge >= 0.3 is 0 Å². The van der Waals surface area contributed by atoms with Gasteiger partial charge in [-0.25, -0.2) is 0 Å². The molecule has 1 unspecified atom stereocenters. The number of anilines is 1. The average molecular weight is 272 g/mol. The first kappa shape index (κ1) is 14.9. The molecule has 1 rings (SSSR count). The fourth-order valence-corrected chi connectivity index (χ4v) is 2.86. The maximum absolute atomic E-state index is 11.9. The maximum atomic E-state index is 11.9. The molecule has 0 bridgehead atoms. The van der Waals surface area contributed by atoms with Crippen LogP contribution in [0, 0.1) is 0 Å². The van der Waals surface area contributed by atoms with E-state index in [4.69, 9.17) is 0 Å².